The van der Waals surface area contributed by atoms with Crippen LogP contribution in [0.25, 0.3) is 0 Å². The van der Waals surface area contributed by atoms with E-state index in [9.17, 15) is 0 Å². The number of unbranched alkanes of at least 4 members (excludes halogenated alkanes) is 11. The molecule has 29 heavy (non-hydrogen) atoms. The van der Waals surface area contributed by atoms with Gasteiger partial charge in [0.1, 0.15) is 0 Å². The molecule has 0 aromatic rings. The van der Waals surface area contributed by atoms with Crippen molar-refractivity contribution in [2.45, 2.75) is 136 Å². The average Bonchev–Trinajstić information content (AvgIpc) is 2.65. The molecule has 2 heteroatoms. The first-order chi connectivity index (χ1) is 13.8. The Kier molecular flexibility index (Phi) is 17.9. The Bertz CT molecular complexity index is 450. The fraction of sp³-hybridized carbons (Fsp3) is 0.815. The van der Waals surface area contributed by atoms with Gasteiger partial charge in [0.2, 0.25) is 0 Å². The molecular weight excluding hydrogens is 368 g/mol. The Hall–Kier alpha value is -0.563. The van der Waals surface area contributed by atoms with E-state index in [4.69, 9.17) is 4.43 Å². The Morgan fingerprint density at radius 3 is 1.83 bits per heavy atom. The summed E-state index contributed by atoms with van der Waals surface area (Å²) in [4.78, 5) is 0. The summed E-state index contributed by atoms with van der Waals surface area (Å²) in [6.45, 7) is 14.6. The summed E-state index contributed by atoms with van der Waals surface area (Å²) < 4.78 is 6.17. The largest absolute Gasteiger partial charge is 0.416 e. The van der Waals surface area contributed by atoms with E-state index < -0.39 is 8.32 Å². The maximum Gasteiger partial charge on any atom is 0.191 e. The number of hydrogen-bond donors (Lipinski definition) is 0. The van der Waals surface area contributed by atoms with Gasteiger partial charge in [-0.3, -0.25) is 0 Å². The van der Waals surface area contributed by atoms with Crippen LogP contribution in [0.4, 0.5) is 0 Å². The van der Waals surface area contributed by atoms with Gasteiger partial charge in [-0.1, -0.05) is 104 Å². The monoisotopic (exact) mass is 420 g/mol. The second-order valence-electron chi connectivity index (χ2n) is 10.0. The Balaban J connectivity index is 3.48. The summed E-state index contributed by atoms with van der Waals surface area (Å²) in [7, 11) is -1.59. The Labute approximate surface area is 185 Å². The molecule has 0 unspecified atom stereocenters. The van der Waals surface area contributed by atoms with Gasteiger partial charge in [0.25, 0.3) is 0 Å². The molecule has 0 radical (unpaired) electrons. The molecule has 0 aromatic heterocycles. The van der Waals surface area contributed by atoms with E-state index in [-0.39, 0.29) is 0 Å². The summed E-state index contributed by atoms with van der Waals surface area (Å²) in [5, 5.41) is 0.297. The minimum atomic E-state index is -1.59. The first-order valence-corrected chi connectivity index (χ1v) is 15.4. The SMILES string of the molecule is CCCCCCCCCCCCC/C=C\CC=C=CCCO[Si](C)(C)C(C)(C)C. The van der Waals surface area contributed by atoms with Crippen molar-refractivity contribution in [1.82, 2.24) is 0 Å². The van der Waals surface area contributed by atoms with E-state index in [0.717, 1.165) is 19.4 Å². The second-order valence-corrected chi connectivity index (χ2v) is 14.8. The van der Waals surface area contributed by atoms with Crippen LogP contribution in [-0.4, -0.2) is 14.9 Å². The lowest BCUT2D eigenvalue weighted by Gasteiger charge is -2.36. The van der Waals surface area contributed by atoms with Gasteiger partial charge < -0.3 is 4.43 Å². The van der Waals surface area contributed by atoms with E-state index in [1.54, 1.807) is 0 Å². The molecule has 170 valence electrons. The highest BCUT2D eigenvalue weighted by molar-refractivity contribution is 6.74. The van der Waals surface area contributed by atoms with Gasteiger partial charge in [0.05, 0.1) is 0 Å². The van der Waals surface area contributed by atoms with E-state index in [2.05, 4.69) is 70.8 Å². The maximum atomic E-state index is 6.17. The molecule has 0 saturated carbocycles. The van der Waals surface area contributed by atoms with Crippen molar-refractivity contribution in [2.24, 2.45) is 0 Å². The summed E-state index contributed by atoms with van der Waals surface area (Å²) in [5.74, 6) is 0. The summed E-state index contributed by atoms with van der Waals surface area (Å²) in [6, 6.07) is 0. The molecule has 0 N–H and O–H groups in total. The van der Waals surface area contributed by atoms with E-state index in [1.165, 1.54) is 77.0 Å². The molecule has 0 saturated heterocycles. The molecule has 0 aliphatic carbocycles. The van der Waals surface area contributed by atoms with Crippen LogP contribution in [0.15, 0.2) is 30.0 Å². The second kappa shape index (κ2) is 18.2. The van der Waals surface area contributed by atoms with Gasteiger partial charge in [-0.25, -0.2) is 0 Å². The van der Waals surface area contributed by atoms with Crippen molar-refractivity contribution in [2.75, 3.05) is 6.61 Å². The van der Waals surface area contributed by atoms with Crippen LogP contribution in [0.5, 0.6) is 0 Å². The third kappa shape index (κ3) is 18.0. The highest BCUT2D eigenvalue weighted by Gasteiger charge is 2.36. The molecule has 0 heterocycles. The molecule has 0 rings (SSSR count). The number of hydrogen-bond acceptors (Lipinski definition) is 1. The minimum Gasteiger partial charge on any atom is -0.416 e. The molecule has 0 atom stereocenters. The third-order valence-corrected chi connectivity index (χ3v) is 10.7. The van der Waals surface area contributed by atoms with Gasteiger partial charge >= 0.3 is 0 Å². The molecule has 0 spiro atoms. The lowest BCUT2D eigenvalue weighted by Crippen LogP contribution is -2.40. The van der Waals surface area contributed by atoms with Gasteiger partial charge in [-0.05, 0) is 56.0 Å². The Morgan fingerprint density at radius 1 is 0.724 bits per heavy atom. The lowest BCUT2D eigenvalue weighted by atomic mass is 10.1. The molecule has 0 aliphatic rings. The zero-order chi connectivity index (χ0) is 21.8. The first-order valence-electron chi connectivity index (χ1n) is 12.5. The number of rotatable bonds is 18. The normalized spacial score (nSPS) is 12.3. The van der Waals surface area contributed by atoms with Crippen molar-refractivity contribution in [3.05, 3.63) is 30.0 Å². The van der Waals surface area contributed by atoms with Crippen LogP contribution in [0.1, 0.15) is 118 Å². The Morgan fingerprint density at radius 2 is 1.28 bits per heavy atom. The van der Waals surface area contributed by atoms with E-state index in [1.807, 2.05) is 0 Å². The molecular formula is C27H52OSi. The molecule has 1 nitrogen and oxygen atoms in total. The summed E-state index contributed by atoms with van der Waals surface area (Å²) >= 11 is 0. The van der Waals surface area contributed by atoms with Crippen LogP contribution in [0.3, 0.4) is 0 Å². The van der Waals surface area contributed by atoms with Crippen molar-refractivity contribution >= 4 is 8.32 Å². The fourth-order valence-corrected chi connectivity index (χ4v) is 4.09. The zero-order valence-corrected chi connectivity index (χ0v) is 21.8. The standard InChI is InChI=1S/C27H52OSi/c1-7-8-9-10-11-12-13-14-15-16-17-18-19-20-21-22-23-24-25-26-28-29(5,6)27(2,3)4/h19-20,22,24H,7-18,21,25-26H2,1-6H3/b20-19-. The minimum absolute atomic E-state index is 0.297. The molecule has 0 aliphatic heterocycles. The van der Waals surface area contributed by atoms with Crippen molar-refractivity contribution in [3.63, 3.8) is 0 Å². The highest BCUT2D eigenvalue weighted by atomic mass is 28.4. The summed E-state index contributed by atoms with van der Waals surface area (Å²) in [5.41, 5.74) is 3.29. The fourth-order valence-electron chi connectivity index (χ4n) is 3.03. The van der Waals surface area contributed by atoms with Crippen molar-refractivity contribution in [3.8, 4) is 0 Å². The van der Waals surface area contributed by atoms with Crippen molar-refractivity contribution < 1.29 is 4.43 Å². The van der Waals surface area contributed by atoms with Gasteiger partial charge in [0.15, 0.2) is 8.32 Å². The molecule has 0 amide bonds. The topological polar surface area (TPSA) is 9.23 Å². The smallest absolute Gasteiger partial charge is 0.191 e. The quantitative estimate of drug-likeness (QED) is 0.0927. The maximum absolute atomic E-state index is 6.17. The van der Waals surface area contributed by atoms with Gasteiger partial charge in [-0.2, -0.15) is 0 Å². The third-order valence-electron chi connectivity index (χ3n) is 6.16. The van der Waals surface area contributed by atoms with Gasteiger partial charge in [0, 0.05) is 6.61 Å². The zero-order valence-electron chi connectivity index (χ0n) is 20.8. The first kappa shape index (κ1) is 28.4. The average molecular weight is 421 g/mol. The molecule has 0 fully saturated rings. The van der Waals surface area contributed by atoms with Crippen LogP contribution in [0.2, 0.25) is 18.1 Å². The molecule has 0 bridgehead atoms. The van der Waals surface area contributed by atoms with E-state index in [0.29, 0.717) is 5.04 Å². The van der Waals surface area contributed by atoms with Crippen LogP contribution in [-0.2, 0) is 4.43 Å². The highest BCUT2D eigenvalue weighted by Crippen LogP contribution is 2.36. The lowest BCUT2D eigenvalue weighted by molar-refractivity contribution is 0.294. The molecule has 0 aromatic carbocycles. The van der Waals surface area contributed by atoms with Crippen molar-refractivity contribution in [1.29, 1.82) is 0 Å². The summed E-state index contributed by atoms with van der Waals surface area (Å²) in [6.07, 6.45) is 27.7. The van der Waals surface area contributed by atoms with Crippen LogP contribution in [0, 0.1) is 0 Å². The number of allylic oxidation sites excluding steroid dienone is 2. The van der Waals surface area contributed by atoms with Crippen LogP contribution < -0.4 is 0 Å². The van der Waals surface area contributed by atoms with Crippen LogP contribution >= 0.6 is 0 Å². The van der Waals surface area contributed by atoms with E-state index >= 15 is 0 Å². The predicted molar refractivity (Wildman–Crippen MR) is 135 cm³/mol. The van der Waals surface area contributed by atoms with Gasteiger partial charge in [-0.15, -0.1) is 5.73 Å². The predicted octanol–water partition coefficient (Wildman–Crippen LogP) is 9.76.